The maximum atomic E-state index is 12.5. The molecule has 7 heteroatoms. The highest BCUT2D eigenvalue weighted by Crippen LogP contribution is 2.29. The summed E-state index contributed by atoms with van der Waals surface area (Å²) in [6.07, 6.45) is 0. The van der Waals surface area contributed by atoms with E-state index < -0.39 is 5.97 Å². The quantitative estimate of drug-likeness (QED) is 0.436. The third-order valence-corrected chi connectivity index (χ3v) is 6.12. The zero-order valence-electron chi connectivity index (χ0n) is 17.4. The first kappa shape index (κ1) is 20.8. The van der Waals surface area contributed by atoms with Crippen LogP contribution in [0.1, 0.15) is 39.5 Å². The van der Waals surface area contributed by atoms with E-state index in [9.17, 15) is 9.59 Å². The van der Waals surface area contributed by atoms with Gasteiger partial charge < -0.3 is 10.1 Å². The fourth-order valence-corrected chi connectivity index (χ4v) is 4.44. The van der Waals surface area contributed by atoms with Crippen molar-refractivity contribution in [2.75, 3.05) is 6.61 Å². The summed E-state index contributed by atoms with van der Waals surface area (Å²) >= 11 is 1.33. The number of thiophene rings is 1. The lowest BCUT2D eigenvalue weighted by molar-refractivity contribution is -0.124. The fraction of sp³-hybridized carbons (Fsp3) is 0.208. The molecule has 6 nitrogen and oxygen atoms in total. The van der Waals surface area contributed by atoms with Gasteiger partial charge in [-0.3, -0.25) is 9.48 Å². The Balaban J connectivity index is 1.40. The van der Waals surface area contributed by atoms with E-state index in [0.717, 1.165) is 27.0 Å². The fourth-order valence-electron chi connectivity index (χ4n) is 3.39. The molecule has 1 unspecified atom stereocenters. The second kappa shape index (κ2) is 9.14. The van der Waals surface area contributed by atoms with Gasteiger partial charge in [0.25, 0.3) is 5.91 Å². The van der Waals surface area contributed by atoms with Crippen molar-refractivity contribution in [3.63, 3.8) is 0 Å². The number of rotatable bonds is 7. The molecule has 4 rings (SSSR count). The Kier molecular flexibility index (Phi) is 6.13. The first-order valence-electron chi connectivity index (χ1n) is 10.0. The van der Waals surface area contributed by atoms with E-state index in [-0.39, 0.29) is 18.6 Å². The van der Waals surface area contributed by atoms with Gasteiger partial charge in [0.1, 0.15) is 9.71 Å². The predicted octanol–water partition coefficient (Wildman–Crippen LogP) is 4.49. The Bertz CT molecular complexity index is 1200. The van der Waals surface area contributed by atoms with Crippen LogP contribution in [0.4, 0.5) is 0 Å². The topological polar surface area (TPSA) is 73.2 Å². The molecule has 4 aromatic rings. The highest BCUT2D eigenvalue weighted by Gasteiger charge is 2.19. The Morgan fingerprint density at radius 2 is 1.77 bits per heavy atom. The van der Waals surface area contributed by atoms with Crippen molar-refractivity contribution >= 4 is 33.4 Å². The van der Waals surface area contributed by atoms with Gasteiger partial charge in [-0.2, -0.15) is 5.10 Å². The molecule has 1 atom stereocenters. The van der Waals surface area contributed by atoms with Crippen LogP contribution in [0.5, 0.6) is 0 Å². The monoisotopic (exact) mass is 433 g/mol. The number of benzene rings is 2. The van der Waals surface area contributed by atoms with Crippen molar-refractivity contribution in [2.45, 2.75) is 26.4 Å². The second-order valence-corrected chi connectivity index (χ2v) is 8.36. The van der Waals surface area contributed by atoms with Crippen molar-refractivity contribution in [3.05, 3.63) is 88.4 Å². The summed E-state index contributed by atoms with van der Waals surface area (Å²) in [5.41, 5.74) is 2.98. The molecule has 1 amide bonds. The first-order valence-corrected chi connectivity index (χ1v) is 10.8. The molecule has 158 valence electrons. The number of esters is 1. The molecule has 1 N–H and O–H groups in total. The van der Waals surface area contributed by atoms with Crippen LogP contribution < -0.4 is 5.32 Å². The molecule has 0 fully saturated rings. The van der Waals surface area contributed by atoms with Gasteiger partial charge in [0.15, 0.2) is 6.61 Å². The van der Waals surface area contributed by atoms with E-state index in [1.54, 1.807) is 6.07 Å². The molecule has 31 heavy (non-hydrogen) atoms. The maximum absolute atomic E-state index is 12.5. The molecular formula is C24H23N3O3S. The van der Waals surface area contributed by atoms with Gasteiger partial charge in [0.05, 0.1) is 18.3 Å². The van der Waals surface area contributed by atoms with Gasteiger partial charge >= 0.3 is 5.97 Å². The number of hydrogen-bond acceptors (Lipinski definition) is 5. The number of aryl methyl sites for hydroxylation is 1. The Labute approximate surface area is 184 Å². The highest BCUT2D eigenvalue weighted by atomic mass is 32.1. The Morgan fingerprint density at radius 1 is 1.10 bits per heavy atom. The molecule has 2 aromatic carbocycles. The van der Waals surface area contributed by atoms with Crippen molar-refractivity contribution < 1.29 is 14.3 Å². The normalized spacial score (nSPS) is 11.9. The van der Waals surface area contributed by atoms with Crippen LogP contribution in [0.25, 0.3) is 10.2 Å². The zero-order valence-corrected chi connectivity index (χ0v) is 18.2. The third-order valence-electron chi connectivity index (χ3n) is 5.00. The largest absolute Gasteiger partial charge is 0.451 e. The van der Waals surface area contributed by atoms with Crippen LogP contribution in [0, 0.1) is 6.92 Å². The second-order valence-electron chi connectivity index (χ2n) is 7.33. The van der Waals surface area contributed by atoms with Gasteiger partial charge in [-0.25, -0.2) is 4.79 Å². The number of carbonyl (C=O) groups is 2. The van der Waals surface area contributed by atoms with Gasteiger partial charge in [0.2, 0.25) is 0 Å². The van der Waals surface area contributed by atoms with E-state index in [1.807, 2.05) is 79.2 Å². The Hall–Kier alpha value is -3.45. The molecule has 0 saturated carbocycles. The van der Waals surface area contributed by atoms with E-state index in [0.29, 0.717) is 11.4 Å². The summed E-state index contributed by atoms with van der Waals surface area (Å²) in [5.74, 6) is -0.841. The van der Waals surface area contributed by atoms with Gasteiger partial charge in [-0.15, -0.1) is 11.3 Å². The third kappa shape index (κ3) is 4.83. The maximum Gasteiger partial charge on any atom is 0.348 e. The minimum atomic E-state index is -0.505. The summed E-state index contributed by atoms with van der Waals surface area (Å²) in [4.78, 5) is 26.1. The van der Waals surface area contributed by atoms with Crippen LogP contribution in [0.2, 0.25) is 0 Å². The smallest absolute Gasteiger partial charge is 0.348 e. The van der Waals surface area contributed by atoms with E-state index in [1.165, 1.54) is 11.3 Å². The molecule has 0 saturated heterocycles. The lowest BCUT2D eigenvalue weighted by Gasteiger charge is -2.14. The summed E-state index contributed by atoms with van der Waals surface area (Å²) in [5, 5.41) is 8.36. The van der Waals surface area contributed by atoms with Gasteiger partial charge in [-0.05, 0) is 31.0 Å². The number of ether oxygens (including phenoxy) is 1. The van der Waals surface area contributed by atoms with E-state index in [4.69, 9.17) is 4.74 Å². The average molecular weight is 434 g/mol. The average Bonchev–Trinajstić information content (AvgIpc) is 3.35. The van der Waals surface area contributed by atoms with Crippen LogP contribution in [-0.4, -0.2) is 28.3 Å². The molecule has 0 aliphatic heterocycles. The zero-order chi connectivity index (χ0) is 21.8. The van der Waals surface area contributed by atoms with Gasteiger partial charge in [0, 0.05) is 5.39 Å². The van der Waals surface area contributed by atoms with Crippen LogP contribution in [0.3, 0.4) is 0 Å². The molecule has 0 aliphatic carbocycles. The van der Waals surface area contributed by atoms with Crippen molar-refractivity contribution in [1.82, 2.24) is 15.1 Å². The first-order chi connectivity index (χ1) is 15.0. The van der Waals surface area contributed by atoms with Crippen molar-refractivity contribution in [3.8, 4) is 0 Å². The van der Waals surface area contributed by atoms with Gasteiger partial charge in [-0.1, -0.05) is 60.7 Å². The summed E-state index contributed by atoms with van der Waals surface area (Å²) < 4.78 is 7.15. The Morgan fingerprint density at radius 3 is 2.48 bits per heavy atom. The standard InChI is InChI=1S/C24H23N3O3S/c1-16(19-11-7-4-8-12-19)25-22(28)15-30-24(29)21-13-20-17(2)26-27(23(20)31-21)14-18-9-5-3-6-10-18/h3-13,16H,14-15H2,1-2H3,(H,25,28). The lowest BCUT2D eigenvalue weighted by Crippen LogP contribution is -2.31. The minimum absolute atomic E-state index is 0.164. The summed E-state index contributed by atoms with van der Waals surface area (Å²) in [6.45, 7) is 4.12. The van der Waals surface area contributed by atoms with E-state index >= 15 is 0 Å². The number of hydrogen-bond donors (Lipinski definition) is 1. The number of carbonyl (C=O) groups excluding carboxylic acids is 2. The van der Waals surface area contributed by atoms with Crippen LogP contribution >= 0.6 is 11.3 Å². The van der Waals surface area contributed by atoms with E-state index in [2.05, 4.69) is 10.4 Å². The summed E-state index contributed by atoms with van der Waals surface area (Å²) in [7, 11) is 0. The summed E-state index contributed by atoms with van der Waals surface area (Å²) in [6, 6.07) is 21.3. The number of fused-ring (bicyclic) bond motifs is 1. The van der Waals surface area contributed by atoms with Crippen LogP contribution in [0.15, 0.2) is 66.7 Å². The molecule has 0 aliphatic rings. The number of nitrogens with one attached hydrogen (secondary N) is 1. The van der Waals surface area contributed by atoms with Crippen molar-refractivity contribution in [2.24, 2.45) is 0 Å². The van der Waals surface area contributed by atoms with Crippen molar-refractivity contribution in [1.29, 1.82) is 0 Å². The number of amides is 1. The molecule has 2 aromatic heterocycles. The molecular weight excluding hydrogens is 410 g/mol. The predicted molar refractivity (Wildman–Crippen MR) is 121 cm³/mol. The van der Waals surface area contributed by atoms with Crippen LogP contribution in [-0.2, 0) is 16.1 Å². The number of aromatic nitrogens is 2. The lowest BCUT2D eigenvalue weighted by atomic mass is 10.1. The number of nitrogens with zero attached hydrogens (tertiary/aromatic N) is 2. The molecule has 0 spiro atoms. The highest BCUT2D eigenvalue weighted by molar-refractivity contribution is 7.20. The SMILES string of the molecule is Cc1nn(Cc2ccccc2)c2sc(C(=O)OCC(=O)NC(C)c3ccccc3)cc12. The molecule has 2 heterocycles. The molecule has 0 bridgehead atoms. The molecule has 0 radical (unpaired) electrons. The minimum Gasteiger partial charge on any atom is -0.451 e.